The van der Waals surface area contributed by atoms with Gasteiger partial charge in [0, 0.05) is 6.54 Å². The van der Waals surface area contributed by atoms with E-state index in [9.17, 15) is 0 Å². The number of benzene rings is 1. The van der Waals surface area contributed by atoms with Gasteiger partial charge in [-0.2, -0.15) is 0 Å². The van der Waals surface area contributed by atoms with E-state index in [1.807, 2.05) is 0 Å². The van der Waals surface area contributed by atoms with Crippen LogP contribution in [0.4, 0.5) is 0 Å². The number of hydrogen-bond acceptors (Lipinski definition) is 2. The van der Waals surface area contributed by atoms with Crippen molar-refractivity contribution in [3.05, 3.63) is 29.8 Å². The van der Waals surface area contributed by atoms with E-state index in [0.717, 1.165) is 25.3 Å². The average Bonchev–Trinajstić information content (AvgIpc) is 2.78. The van der Waals surface area contributed by atoms with Crippen LogP contribution in [0.3, 0.4) is 0 Å². The van der Waals surface area contributed by atoms with Gasteiger partial charge in [-0.05, 0) is 43.9 Å². The molecule has 0 fully saturated rings. The first-order chi connectivity index (χ1) is 15.2. The molecule has 31 heavy (non-hydrogen) atoms. The quantitative estimate of drug-likeness (QED) is 0.196. The molecule has 0 bridgehead atoms. The van der Waals surface area contributed by atoms with Gasteiger partial charge >= 0.3 is 0 Å². The van der Waals surface area contributed by atoms with Crippen LogP contribution in [0.5, 0.6) is 5.75 Å². The molecule has 0 aliphatic rings. The van der Waals surface area contributed by atoms with Gasteiger partial charge in [-0.1, -0.05) is 122 Å². The molecule has 0 aliphatic heterocycles. The Kier molecular flexibility index (Phi) is 17.8. The second-order valence-corrected chi connectivity index (χ2v) is 9.58. The zero-order valence-corrected chi connectivity index (χ0v) is 21.4. The van der Waals surface area contributed by atoms with Gasteiger partial charge in [0.05, 0.1) is 0 Å². The maximum atomic E-state index is 6.23. The topological polar surface area (TPSA) is 21.3 Å². The van der Waals surface area contributed by atoms with Crippen molar-refractivity contribution >= 4 is 0 Å². The zero-order chi connectivity index (χ0) is 22.6. The van der Waals surface area contributed by atoms with Crippen LogP contribution in [-0.2, 0) is 0 Å². The summed E-state index contributed by atoms with van der Waals surface area (Å²) >= 11 is 0. The van der Waals surface area contributed by atoms with Crippen molar-refractivity contribution in [1.29, 1.82) is 0 Å². The smallest absolute Gasteiger partial charge is 0.123 e. The van der Waals surface area contributed by atoms with E-state index in [1.54, 1.807) is 0 Å². The standard InChI is InChI=1S/C29H53NO/c1-5-7-8-9-10-11-12-13-14-15-16-17-18-21-24-30-25-27(4)31-29-23-20-19-22-28(29)26(3)6-2/h19-20,22-23,26-27,30H,5-18,21,24-25H2,1-4H3/t26-,27+/m1/s1. The lowest BCUT2D eigenvalue weighted by atomic mass is 9.98. The highest BCUT2D eigenvalue weighted by Crippen LogP contribution is 2.29. The Morgan fingerprint density at radius 1 is 0.710 bits per heavy atom. The lowest BCUT2D eigenvalue weighted by molar-refractivity contribution is 0.214. The predicted octanol–water partition coefficient (Wildman–Crippen LogP) is 9.04. The largest absolute Gasteiger partial charge is 0.489 e. The SMILES string of the molecule is CCCCCCCCCCCCCCCCNC[C@H](C)Oc1ccccc1[C@H](C)CC. The van der Waals surface area contributed by atoms with Crippen molar-refractivity contribution in [1.82, 2.24) is 5.32 Å². The van der Waals surface area contributed by atoms with Gasteiger partial charge in [0.25, 0.3) is 0 Å². The third kappa shape index (κ3) is 14.6. The number of hydrogen-bond donors (Lipinski definition) is 1. The Balaban J connectivity index is 1.92. The number of nitrogens with one attached hydrogen (secondary N) is 1. The number of rotatable bonds is 21. The van der Waals surface area contributed by atoms with Gasteiger partial charge in [-0.3, -0.25) is 0 Å². The lowest BCUT2D eigenvalue weighted by Crippen LogP contribution is -2.29. The number of unbranched alkanes of at least 4 members (excludes halogenated alkanes) is 13. The molecule has 180 valence electrons. The average molecular weight is 432 g/mol. The summed E-state index contributed by atoms with van der Waals surface area (Å²) in [5.74, 6) is 1.61. The fraction of sp³-hybridized carbons (Fsp3) is 0.793. The molecule has 0 heterocycles. The molecule has 1 rings (SSSR count). The second-order valence-electron chi connectivity index (χ2n) is 9.58. The molecular formula is C29H53NO. The Hall–Kier alpha value is -1.02. The molecule has 0 saturated carbocycles. The van der Waals surface area contributed by atoms with Crippen molar-refractivity contribution in [2.24, 2.45) is 0 Å². The highest BCUT2D eigenvalue weighted by atomic mass is 16.5. The lowest BCUT2D eigenvalue weighted by Gasteiger charge is -2.20. The first kappa shape index (κ1) is 28.0. The van der Waals surface area contributed by atoms with E-state index >= 15 is 0 Å². The number of ether oxygens (including phenoxy) is 1. The van der Waals surface area contributed by atoms with Crippen LogP contribution in [0.15, 0.2) is 24.3 Å². The molecule has 1 N–H and O–H groups in total. The fourth-order valence-corrected chi connectivity index (χ4v) is 4.22. The van der Waals surface area contributed by atoms with Gasteiger partial charge in [0.15, 0.2) is 0 Å². The summed E-state index contributed by atoms with van der Waals surface area (Å²) in [5.41, 5.74) is 1.34. The maximum Gasteiger partial charge on any atom is 0.123 e. The summed E-state index contributed by atoms with van der Waals surface area (Å²) in [6.07, 6.45) is 21.2. The second kappa shape index (κ2) is 19.6. The Morgan fingerprint density at radius 2 is 1.23 bits per heavy atom. The molecule has 0 radical (unpaired) electrons. The van der Waals surface area contributed by atoms with Gasteiger partial charge in [0.2, 0.25) is 0 Å². The molecule has 2 heteroatoms. The van der Waals surface area contributed by atoms with Crippen LogP contribution >= 0.6 is 0 Å². The number of para-hydroxylation sites is 1. The van der Waals surface area contributed by atoms with E-state index in [0.29, 0.717) is 5.92 Å². The molecule has 1 aromatic rings. The zero-order valence-electron chi connectivity index (χ0n) is 21.4. The predicted molar refractivity (Wildman–Crippen MR) is 138 cm³/mol. The van der Waals surface area contributed by atoms with E-state index in [2.05, 4.69) is 57.3 Å². The summed E-state index contributed by atoms with van der Waals surface area (Å²) in [7, 11) is 0. The van der Waals surface area contributed by atoms with Crippen molar-refractivity contribution < 1.29 is 4.74 Å². The highest BCUT2D eigenvalue weighted by molar-refractivity contribution is 5.36. The maximum absolute atomic E-state index is 6.23. The molecule has 0 aliphatic carbocycles. The van der Waals surface area contributed by atoms with Gasteiger partial charge in [0.1, 0.15) is 11.9 Å². The van der Waals surface area contributed by atoms with Crippen LogP contribution in [0.2, 0.25) is 0 Å². The van der Waals surface area contributed by atoms with E-state index in [-0.39, 0.29) is 6.10 Å². The molecule has 0 aromatic heterocycles. The summed E-state index contributed by atoms with van der Waals surface area (Å²) in [4.78, 5) is 0. The van der Waals surface area contributed by atoms with E-state index in [4.69, 9.17) is 4.74 Å². The normalized spacial score (nSPS) is 13.3. The fourth-order valence-electron chi connectivity index (χ4n) is 4.22. The van der Waals surface area contributed by atoms with E-state index in [1.165, 1.54) is 95.5 Å². The summed E-state index contributed by atoms with van der Waals surface area (Å²) in [6, 6.07) is 8.52. The Bertz CT molecular complexity index is 515. The van der Waals surface area contributed by atoms with Crippen molar-refractivity contribution in [2.75, 3.05) is 13.1 Å². The highest BCUT2D eigenvalue weighted by Gasteiger charge is 2.12. The van der Waals surface area contributed by atoms with Gasteiger partial charge in [-0.25, -0.2) is 0 Å². The third-order valence-corrected chi connectivity index (χ3v) is 6.53. The van der Waals surface area contributed by atoms with Crippen LogP contribution in [0.25, 0.3) is 0 Å². The molecule has 0 unspecified atom stereocenters. The summed E-state index contributed by atoms with van der Waals surface area (Å²) < 4.78 is 6.23. The monoisotopic (exact) mass is 431 g/mol. The molecule has 1 aromatic carbocycles. The minimum atomic E-state index is 0.205. The first-order valence-electron chi connectivity index (χ1n) is 13.6. The molecule has 0 saturated heterocycles. The minimum absolute atomic E-state index is 0.205. The van der Waals surface area contributed by atoms with Gasteiger partial charge < -0.3 is 10.1 Å². The Labute approximate surface area is 194 Å². The van der Waals surface area contributed by atoms with Crippen molar-refractivity contribution in [3.8, 4) is 5.75 Å². The summed E-state index contributed by atoms with van der Waals surface area (Å²) in [5, 5.41) is 3.59. The van der Waals surface area contributed by atoms with Crippen LogP contribution in [0, 0.1) is 0 Å². The molecule has 0 amide bonds. The van der Waals surface area contributed by atoms with Gasteiger partial charge in [-0.15, -0.1) is 0 Å². The molecular weight excluding hydrogens is 378 g/mol. The first-order valence-corrected chi connectivity index (χ1v) is 13.6. The summed E-state index contributed by atoms with van der Waals surface area (Å²) in [6.45, 7) is 11.0. The molecule has 2 nitrogen and oxygen atoms in total. The molecule has 0 spiro atoms. The van der Waals surface area contributed by atoms with Crippen LogP contribution in [-0.4, -0.2) is 19.2 Å². The van der Waals surface area contributed by atoms with Crippen molar-refractivity contribution in [3.63, 3.8) is 0 Å². The molecule has 2 atom stereocenters. The van der Waals surface area contributed by atoms with Crippen molar-refractivity contribution in [2.45, 2.75) is 136 Å². The van der Waals surface area contributed by atoms with Crippen LogP contribution in [0.1, 0.15) is 135 Å². The minimum Gasteiger partial charge on any atom is -0.489 e. The Morgan fingerprint density at radius 3 is 1.77 bits per heavy atom. The van der Waals surface area contributed by atoms with E-state index < -0.39 is 0 Å². The van der Waals surface area contributed by atoms with Crippen LogP contribution < -0.4 is 10.1 Å². The third-order valence-electron chi connectivity index (χ3n) is 6.53.